The van der Waals surface area contributed by atoms with Gasteiger partial charge in [0.15, 0.2) is 0 Å². The molecule has 0 aliphatic carbocycles. The summed E-state index contributed by atoms with van der Waals surface area (Å²) in [5, 5.41) is 6.03. The number of halogens is 1. The van der Waals surface area contributed by atoms with E-state index in [9.17, 15) is 9.18 Å². The smallest absolute Gasteiger partial charge is 0.270 e. The summed E-state index contributed by atoms with van der Waals surface area (Å²) >= 11 is 0. The van der Waals surface area contributed by atoms with E-state index in [1.165, 1.54) is 12.1 Å². The van der Waals surface area contributed by atoms with E-state index in [0.29, 0.717) is 24.6 Å². The van der Waals surface area contributed by atoms with E-state index in [1.807, 2.05) is 37.3 Å². The molecule has 0 aliphatic rings. The van der Waals surface area contributed by atoms with Crippen LogP contribution in [0.3, 0.4) is 0 Å². The number of hydrogen-bond donors (Lipinski definition) is 2. The Morgan fingerprint density at radius 1 is 1.07 bits per heavy atom. The second kappa shape index (κ2) is 8.89. The third kappa shape index (κ3) is 5.34. The molecule has 1 aromatic heterocycles. The molecule has 1 heterocycles. The Labute approximate surface area is 157 Å². The van der Waals surface area contributed by atoms with Gasteiger partial charge in [-0.2, -0.15) is 0 Å². The highest BCUT2D eigenvalue weighted by Gasteiger charge is 2.11. The molecule has 2 aromatic carbocycles. The standard InChI is InChI=1S/C21H21FN4O/c1-15(17-5-3-2-4-6-17)25-21-24-14-12-19(26-21)20(27)23-13-11-16-7-9-18(22)10-8-16/h2-10,12,14-15H,11,13H2,1H3,(H,23,27)(H,24,25,26). The first-order valence-corrected chi connectivity index (χ1v) is 8.79. The Morgan fingerprint density at radius 3 is 2.56 bits per heavy atom. The number of nitrogens with one attached hydrogen (secondary N) is 2. The minimum atomic E-state index is -0.270. The number of nitrogens with zero attached hydrogens (tertiary/aromatic N) is 2. The quantitative estimate of drug-likeness (QED) is 0.670. The van der Waals surface area contributed by atoms with Crippen LogP contribution in [0.15, 0.2) is 66.9 Å². The number of hydrogen-bond acceptors (Lipinski definition) is 4. The van der Waals surface area contributed by atoms with Crippen molar-refractivity contribution in [1.29, 1.82) is 0 Å². The van der Waals surface area contributed by atoms with E-state index < -0.39 is 0 Å². The molecule has 3 rings (SSSR count). The maximum absolute atomic E-state index is 12.9. The lowest BCUT2D eigenvalue weighted by Gasteiger charge is -2.14. The van der Waals surface area contributed by atoms with E-state index >= 15 is 0 Å². The zero-order chi connectivity index (χ0) is 19.1. The molecular formula is C21H21FN4O. The summed E-state index contributed by atoms with van der Waals surface area (Å²) in [4.78, 5) is 20.8. The first-order valence-electron chi connectivity index (χ1n) is 8.79. The Bertz CT molecular complexity index is 884. The van der Waals surface area contributed by atoms with Gasteiger partial charge in [-0.3, -0.25) is 4.79 Å². The molecule has 0 bridgehead atoms. The first kappa shape index (κ1) is 18.5. The molecule has 1 unspecified atom stereocenters. The zero-order valence-electron chi connectivity index (χ0n) is 15.0. The molecule has 0 saturated heterocycles. The number of aromatic nitrogens is 2. The number of carbonyl (C=O) groups excluding carboxylic acids is 1. The molecule has 27 heavy (non-hydrogen) atoms. The fraction of sp³-hybridized carbons (Fsp3) is 0.190. The molecule has 138 valence electrons. The molecule has 2 N–H and O–H groups in total. The fourth-order valence-electron chi connectivity index (χ4n) is 2.64. The van der Waals surface area contributed by atoms with Crippen LogP contribution in [0.4, 0.5) is 10.3 Å². The van der Waals surface area contributed by atoms with E-state index in [4.69, 9.17) is 0 Å². The van der Waals surface area contributed by atoms with Crippen LogP contribution in [0.25, 0.3) is 0 Å². The summed E-state index contributed by atoms with van der Waals surface area (Å²) < 4.78 is 12.9. The lowest BCUT2D eigenvalue weighted by atomic mass is 10.1. The van der Waals surface area contributed by atoms with Gasteiger partial charge in [-0.25, -0.2) is 14.4 Å². The van der Waals surface area contributed by atoms with Crippen LogP contribution in [-0.2, 0) is 6.42 Å². The monoisotopic (exact) mass is 364 g/mol. The normalized spacial score (nSPS) is 11.6. The molecule has 6 heteroatoms. The van der Waals surface area contributed by atoms with E-state index in [0.717, 1.165) is 11.1 Å². The van der Waals surface area contributed by atoms with Crippen molar-refractivity contribution in [2.75, 3.05) is 11.9 Å². The van der Waals surface area contributed by atoms with Gasteiger partial charge in [-0.05, 0) is 42.7 Å². The number of benzene rings is 2. The van der Waals surface area contributed by atoms with E-state index in [2.05, 4.69) is 20.6 Å². The lowest BCUT2D eigenvalue weighted by molar-refractivity contribution is 0.0949. The summed E-state index contributed by atoms with van der Waals surface area (Å²) in [6.07, 6.45) is 2.18. The Hall–Kier alpha value is -3.28. The van der Waals surface area contributed by atoms with Crippen LogP contribution in [0.5, 0.6) is 0 Å². The van der Waals surface area contributed by atoms with Crippen LogP contribution in [0.2, 0.25) is 0 Å². The highest BCUT2D eigenvalue weighted by molar-refractivity contribution is 5.92. The van der Waals surface area contributed by atoms with Crippen molar-refractivity contribution >= 4 is 11.9 Å². The minimum Gasteiger partial charge on any atom is -0.350 e. The third-order valence-corrected chi connectivity index (χ3v) is 4.15. The Balaban J connectivity index is 1.56. The molecule has 0 spiro atoms. The van der Waals surface area contributed by atoms with E-state index in [-0.39, 0.29) is 17.8 Å². The van der Waals surface area contributed by atoms with Gasteiger partial charge in [0.2, 0.25) is 5.95 Å². The number of carbonyl (C=O) groups is 1. The van der Waals surface area contributed by atoms with Crippen LogP contribution in [0, 0.1) is 5.82 Å². The lowest BCUT2D eigenvalue weighted by Crippen LogP contribution is -2.27. The average Bonchev–Trinajstić information content (AvgIpc) is 2.70. The molecule has 5 nitrogen and oxygen atoms in total. The molecule has 1 amide bonds. The highest BCUT2D eigenvalue weighted by Crippen LogP contribution is 2.16. The van der Waals surface area contributed by atoms with Crippen LogP contribution >= 0.6 is 0 Å². The van der Waals surface area contributed by atoms with Crippen molar-refractivity contribution in [3.63, 3.8) is 0 Å². The maximum atomic E-state index is 12.9. The van der Waals surface area contributed by atoms with Crippen LogP contribution in [-0.4, -0.2) is 22.4 Å². The molecule has 3 aromatic rings. The predicted octanol–water partition coefficient (Wildman–Crippen LogP) is 3.76. The molecule has 1 atom stereocenters. The van der Waals surface area contributed by atoms with Crippen molar-refractivity contribution in [2.24, 2.45) is 0 Å². The predicted molar refractivity (Wildman–Crippen MR) is 103 cm³/mol. The Kier molecular flexibility index (Phi) is 6.10. The number of rotatable bonds is 7. The molecule has 0 saturated carbocycles. The topological polar surface area (TPSA) is 66.9 Å². The van der Waals surface area contributed by atoms with Gasteiger partial charge in [0.25, 0.3) is 5.91 Å². The van der Waals surface area contributed by atoms with Crippen LogP contribution < -0.4 is 10.6 Å². The van der Waals surface area contributed by atoms with Crippen LogP contribution in [0.1, 0.15) is 34.6 Å². The summed E-state index contributed by atoms with van der Waals surface area (Å²) in [5.74, 6) is -0.138. The molecular weight excluding hydrogens is 343 g/mol. The minimum absolute atomic E-state index is 0.0167. The summed E-state index contributed by atoms with van der Waals surface area (Å²) in [6, 6.07) is 17.8. The van der Waals surface area contributed by atoms with Gasteiger partial charge in [0.05, 0.1) is 6.04 Å². The second-order valence-electron chi connectivity index (χ2n) is 6.17. The van der Waals surface area contributed by atoms with Gasteiger partial charge in [-0.15, -0.1) is 0 Å². The average molecular weight is 364 g/mol. The third-order valence-electron chi connectivity index (χ3n) is 4.15. The van der Waals surface area contributed by atoms with Crippen molar-refractivity contribution in [2.45, 2.75) is 19.4 Å². The second-order valence-corrected chi connectivity index (χ2v) is 6.17. The van der Waals surface area contributed by atoms with Gasteiger partial charge in [0.1, 0.15) is 11.5 Å². The fourth-order valence-corrected chi connectivity index (χ4v) is 2.64. The molecule has 0 aliphatic heterocycles. The molecule has 0 radical (unpaired) electrons. The summed E-state index contributed by atoms with van der Waals surface area (Å²) in [5.41, 5.74) is 2.36. The van der Waals surface area contributed by atoms with Gasteiger partial charge in [0, 0.05) is 12.7 Å². The van der Waals surface area contributed by atoms with E-state index in [1.54, 1.807) is 24.4 Å². The SMILES string of the molecule is CC(Nc1nccc(C(=O)NCCc2ccc(F)cc2)n1)c1ccccc1. The van der Waals surface area contributed by atoms with Crippen molar-refractivity contribution in [3.8, 4) is 0 Å². The largest absolute Gasteiger partial charge is 0.350 e. The number of anilines is 1. The first-order chi connectivity index (χ1) is 13.1. The Morgan fingerprint density at radius 2 is 1.81 bits per heavy atom. The zero-order valence-corrected chi connectivity index (χ0v) is 15.0. The van der Waals surface area contributed by atoms with Crippen molar-refractivity contribution in [1.82, 2.24) is 15.3 Å². The van der Waals surface area contributed by atoms with Gasteiger partial charge < -0.3 is 10.6 Å². The highest BCUT2D eigenvalue weighted by atomic mass is 19.1. The maximum Gasteiger partial charge on any atom is 0.270 e. The molecule has 0 fully saturated rings. The van der Waals surface area contributed by atoms with Crippen molar-refractivity contribution in [3.05, 3.63) is 89.5 Å². The van der Waals surface area contributed by atoms with Gasteiger partial charge >= 0.3 is 0 Å². The summed E-state index contributed by atoms with van der Waals surface area (Å²) in [6.45, 7) is 2.45. The van der Waals surface area contributed by atoms with Crippen molar-refractivity contribution < 1.29 is 9.18 Å². The van der Waals surface area contributed by atoms with Gasteiger partial charge in [-0.1, -0.05) is 42.5 Å². The summed E-state index contributed by atoms with van der Waals surface area (Å²) in [7, 11) is 0. The number of amides is 1.